The van der Waals surface area contributed by atoms with Gasteiger partial charge in [0.15, 0.2) is 0 Å². The largest absolute Gasteiger partial charge is 0.452 e. The lowest BCUT2D eigenvalue weighted by molar-refractivity contribution is 0.511. The standard InChI is InChI=1S/C8H6Cl2N2O2/c9-3-1-6-11-12-8(14-6)5-2-4-13-7(5)10/h2,4H,1,3H2. The quantitative estimate of drug-likeness (QED) is 0.764. The van der Waals surface area contributed by atoms with Gasteiger partial charge in [0.25, 0.3) is 5.89 Å². The van der Waals surface area contributed by atoms with Gasteiger partial charge in [0.1, 0.15) is 0 Å². The van der Waals surface area contributed by atoms with Crippen LogP contribution >= 0.6 is 23.2 Å². The number of furan rings is 1. The molecule has 0 amide bonds. The van der Waals surface area contributed by atoms with Gasteiger partial charge in [-0.3, -0.25) is 0 Å². The molecular weight excluding hydrogens is 227 g/mol. The molecule has 4 nitrogen and oxygen atoms in total. The van der Waals surface area contributed by atoms with Crippen molar-refractivity contribution < 1.29 is 8.83 Å². The Kier molecular flexibility index (Phi) is 2.74. The summed E-state index contributed by atoms with van der Waals surface area (Å²) in [6, 6.07) is 1.67. The van der Waals surface area contributed by atoms with Crippen molar-refractivity contribution >= 4 is 23.2 Å². The molecular formula is C8H6Cl2N2O2. The zero-order valence-electron chi connectivity index (χ0n) is 7.04. The first-order chi connectivity index (χ1) is 6.81. The maximum Gasteiger partial charge on any atom is 0.252 e. The van der Waals surface area contributed by atoms with E-state index in [-0.39, 0.29) is 5.22 Å². The minimum absolute atomic E-state index is 0.242. The van der Waals surface area contributed by atoms with E-state index in [9.17, 15) is 0 Å². The summed E-state index contributed by atoms with van der Waals surface area (Å²) in [7, 11) is 0. The van der Waals surface area contributed by atoms with E-state index in [1.807, 2.05) is 0 Å². The van der Waals surface area contributed by atoms with Gasteiger partial charge in [-0.1, -0.05) is 0 Å². The SMILES string of the molecule is ClCCc1nnc(-c2ccoc2Cl)o1. The van der Waals surface area contributed by atoms with Crippen LogP contribution in [-0.2, 0) is 6.42 Å². The fourth-order valence-corrected chi connectivity index (χ4v) is 1.35. The molecule has 0 aromatic carbocycles. The Morgan fingerprint density at radius 3 is 2.86 bits per heavy atom. The van der Waals surface area contributed by atoms with Crippen LogP contribution in [-0.4, -0.2) is 16.1 Å². The first-order valence-corrected chi connectivity index (χ1v) is 4.84. The maximum absolute atomic E-state index is 5.74. The molecule has 0 bridgehead atoms. The topological polar surface area (TPSA) is 52.1 Å². The summed E-state index contributed by atoms with van der Waals surface area (Å²) < 4.78 is 10.2. The Morgan fingerprint density at radius 2 is 2.21 bits per heavy atom. The minimum Gasteiger partial charge on any atom is -0.452 e. The van der Waals surface area contributed by atoms with E-state index in [0.29, 0.717) is 29.6 Å². The lowest BCUT2D eigenvalue weighted by Crippen LogP contribution is -1.84. The Labute approximate surface area is 89.8 Å². The van der Waals surface area contributed by atoms with Crippen molar-refractivity contribution in [2.75, 3.05) is 5.88 Å². The van der Waals surface area contributed by atoms with Crippen LogP contribution in [0.2, 0.25) is 5.22 Å². The highest BCUT2D eigenvalue weighted by molar-refractivity contribution is 6.31. The third-order valence-corrected chi connectivity index (χ3v) is 2.11. The third-order valence-electron chi connectivity index (χ3n) is 1.62. The molecule has 0 radical (unpaired) electrons. The van der Waals surface area contributed by atoms with Gasteiger partial charge in [0.05, 0.1) is 11.8 Å². The summed E-state index contributed by atoms with van der Waals surface area (Å²) >= 11 is 11.3. The molecule has 0 aliphatic heterocycles. The Hall–Kier alpha value is -1.000. The van der Waals surface area contributed by atoms with Gasteiger partial charge < -0.3 is 8.83 Å². The molecule has 2 aromatic rings. The molecule has 14 heavy (non-hydrogen) atoms. The van der Waals surface area contributed by atoms with E-state index in [1.165, 1.54) is 6.26 Å². The van der Waals surface area contributed by atoms with Gasteiger partial charge in [-0.05, 0) is 17.7 Å². The molecule has 0 saturated heterocycles. The molecule has 0 aliphatic carbocycles. The van der Waals surface area contributed by atoms with Gasteiger partial charge in [-0.15, -0.1) is 21.8 Å². The van der Waals surface area contributed by atoms with Crippen molar-refractivity contribution in [3.8, 4) is 11.5 Å². The number of hydrogen-bond acceptors (Lipinski definition) is 4. The molecule has 2 heterocycles. The van der Waals surface area contributed by atoms with Crippen LogP contribution in [0.4, 0.5) is 0 Å². The molecule has 0 N–H and O–H groups in total. The molecule has 74 valence electrons. The van der Waals surface area contributed by atoms with E-state index in [4.69, 9.17) is 32.0 Å². The van der Waals surface area contributed by atoms with E-state index < -0.39 is 0 Å². The highest BCUT2D eigenvalue weighted by Gasteiger charge is 2.13. The average molecular weight is 233 g/mol. The van der Waals surface area contributed by atoms with E-state index in [2.05, 4.69) is 10.2 Å². The predicted octanol–water partition coefficient (Wildman–Crippen LogP) is 2.76. The van der Waals surface area contributed by atoms with Crippen LogP contribution in [0, 0.1) is 0 Å². The van der Waals surface area contributed by atoms with Crippen LogP contribution in [0.1, 0.15) is 5.89 Å². The normalized spacial score (nSPS) is 10.7. The second kappa shape index (κ2) is 4.02. The van der Waals surface area contributed by atoms with Crippen molar-refractivity contribution in [3.63, 3.8) is 0 Å². The van der Waals surface area contributed by atoms with Crippen molar-refractivity contribution in [2.45, 2.75) is 6.42 Å². The van der Waals surface area contributed by atoms with Gasteiger partial charge in [-0.25, -0.2) is 0 Å². The van der Waals surface area contributed by atoms with Crippen LogP contribution in [0.5, 0.6) is 0 Å². The first-order valence-electron chi connectivity index (χ1n) is 3.93. The van der Waals surface area contributed by atoms with Crippen LogP contribution in [0.25, 0.3) is 11.5 Å². The van der Waals surface area contributed by atoms with Crippen LogP contribution in [0.3, 0.4) is 0 Å². The third kappa shape index (κ3) is 1.76. The summed E-state index contributed by atoms with van der Waals surface area (Å²) in [6.45, 7) is 0. The van der Waals surface area contributed by atoms with Crippen LogP contribution < -0.4 is 0 Å². The van der Waals surface area contributed by atoms with Gasteiger partial charge in [0, 0.05) is 12.3 Å². The monoisotopic (exact) mass is 232 g/mol. The zero-order chi connectivity index (χ0) is 9.97. The molecule has 0 spiro atoms. The molecule has 0 atom stereocenters. The first kappa shape index (κ1) is 9.55. The van der Waals surface area contributed by atoms with Crippen molar-refractivity contribution in [1.82, 2.24) is 10.2 Å². The number of hydrogen-bond donors (Lipinski definition) is 0. The van der Waals surface area contributed by atoms with Gasteiger partial charge in [0.2, 0.25) is 11.1 Å². The average Bonchev–Trinajstić information content (AvgIpc) is 2.74. The zero-order valence-corrected chi connectivity index (χ0v) is 8.55. The number of alkyl halides is 1. The smallest absolute Gasteiger partial charge is 0.252 e. The van der Waals surface area contributed by atoms with Gasteiger partial charge in [-0.2, -0.15) is 0 Å². The second-order valence-electron chi connectivity index (χ2n) is 2.55. The fraction of sp³-hybridized carbons (Fsp3) is 0.250. The number of aromatic nitrogens is 2. The highest BCUT2D eigenvalue weighted by atomic mass is 35.5. The summed E-state index contributed by atoms with van der Waals surface area (Å²) in [5.41, 5.74) is 0.597. The second-order valence-corrected chi connectivity index (χ2v) is 3.27. The highest BCUT2D eigenvalue weighted by Crippen LogP contribution is 2.27. The number of nitrogens with zero attached hydrogens (tertiary/aromatic N) is 2. The number of rotatable bonds is 3. The molecule has 0 saturated carbocycles. The molecule has 2 rings (SSSR count). The van der Waals surface area contributed by atoms with Crippen molar-refractivity contribution in [3.05, 3.63) is 23.4 Å². The molecule has 2 aromatic heterocycles. The fourth-order valence-electron chi connectivity index (χ4n) is 0.990. The summed E-state index contributed by atoms with van der Waals surface area (Å²) in [5.74, 6) is 1.29. The Bertz CT molecular complexity index is 424. The van der Waals surface area contributed by atoms with E-state index in [1.54, 1.807) is 6.07 Å². The van der Waals surface area contributed by atoms with Crippen LogP contribution in [0.15, 0.2) is 21.2 Å². The molecule has 0 aliphatic rings. The van der Waals surface area contributed by atoms with Crippen molar-refractivity contribution in [2.24, 2.45) is 0 Å². The summed E-state index contributed by atoms with van der Waals surface area (Å²) in [4.78, 5) is 0. The lowest BCUT2D eigenvalue weighted by Gasteiger charge is -1.88. The predicted molar refractivity (Wildman–Crippen MR) is 51.4 cm³/mol. The summed E-state index contributed by atoms with van der Waals surface area (Å²) in [5, 5.41) is 7.86. The lowest BCUT2D eigenvalue weighted by atomic mass is 10.3. The summed E-state index contributed by atoms with van der Waals surface area (Å²) in [6.07, 6.45) is 2.01. The Morgan fingerprint density at radius 1 is 1.36 bits per heavy atom. The molecule has 6 heteroatoms. The van der Waals surface area contributed by atoms with Gasteiger partial charge >= 0.3 is 0 Å². The number of halogens is 2. The minimum atomic E-state index is 0.242. The molecule has 0 fully saturated rings. The van der Waals surface area contributed by atoms with E-state index >= 15 is 0 Å². The molecule has 0 unspecified atom stereocenters. The Balaban J connectivity index is 2.29. The maximum atomic E-state index is 5.74. The van der Waals surface area contributed by atoms with Crippen molar-refractivity contribution in [1.29, 1.82) is 0 Å². The number of aryl methyl sites for hydroxylation is 1. The van der Waals surface area contributed by atoms with E-state index in [0.717, 1.165) is 0 Å².